The van der Waals surface area contributed by atoms with E-state index in [1.165, 1.54) is 0 Å². The van der Waals surface area contributed by atoms with Crippen LogP contribution < -0.4 is 36.7 Å². The van der Waals surface area contributed by atoms with E-state index >= 15 is 0 Å². The number of benzene rings is 3. The van der Waals surface area contributed by atoms with Crippen LogP contribution in [0.1, 0.15) is 59.9 Å². The maximum atomic E-state index is 13.8. The largest absolute Gasteiger partial charge is 0.484 e. The van der Waals surface area contributed by atoms with Gasteiger partial charge < -0.3 is 64.8 Å². The number of aromatic amines is 1. The van der Waals surface area contributed by atoms with Gasteiger partial charge in [-0.05, 0) is 66.4 Å². The lowest BCUT2D eigenvalue weighted by Crippen LogP contribution is -2.62. The van der Waals surface area contributed by atoms with Crippen LogP contribution in [-0.4, -0.2) is 180 Å². The molecule has 4 aromatic rings. The number of nitrogens with zero attached hydrogens (tertiary/aromatic N) is 2. The van der Waals surface area contributed by atoms with Crippen LogP contribution >= 0.6 is 0 Å². The number of urea groups is 1. The Bertz CT molecular complexity index is 2530. The lowest BCUT2D eigenvalue weighted by atomic mass is 9.70. The number of carboxylic acid groups (broad SMARTS) is 1. The summed E-state index contributed by atoms with van der Waals surface area (Å²) < 4.78 is 38.6. The van der Waals surface area contributed by atoms with Gasteiger partial charge in [0.25, 0.3) is 11.8 Å². The van der Waals surface area contributed by atoms with Gasteiger partial charge in [-0.15, -0.1) is 0 Å². The summed E-state index contributed by atoms with van der Waals surface area (Å²) in [6.45, 7) is 10.9. The number of aromatic nitrogens is 2. The van der Waals surface area contributed by atoms with E-state index in [0.717, 1.165) is 5.69 Å². The predicted molar refractivity (Wildman–Crippen MR) is 276 cm³/mol. The van der Waals surface area contributed by atoms with E-state index in [0.29, 0.717) is 130 Å². The summed E-state index contributed by atoms with van der Waals surface area (Å²) in [5, 5.41) is 33.4. The van der Waals surface area contributed by atoms with Crippen molar-refractivity contribution >= 4 is 46.9 Å². The minimum Gasteiger partial charge on any atom is -0.484 e. The number of nitrogens with one attached hydrogen (secondary N) is 7. The molecule has 8 N–H and O–H groups in total. The van der Waals surface area contributed by atoms with E-state index in [4.69, 9.17) is 33.2 Å². The first-order chi connectivity index (χ1) is 36.2. The number of fused-ring (bicyclic) bond motifs is 3. The molecular weight excluding hydrogens is 975 g/mol. The van der Waals surface area contributed by atoms with Crippen molar-refractivity contribution in [3.05, 3.63) is 83.4 Å². The fourth-order valence-electron chi connectivity index (χ4n) is 8.13. The first-order valence-corrected chi connectivity index (χ1v) is 24.9. The minimum absolute atomic E-state index is 0.109. The number of hydrogen-bond donors (Lipinski definition) is 8. The van der Waals surface area contributed by atoms with Crippen LogP contribution in [-0.2, 0) is 42.8 Å². The van der Waals surface area contributed by atoms with Gasteiger partial charge in [-0.2, -0.15) is 5.10 Å². The number of ether oxygens (including phenoxy) is 7. The van der Waals surface area contributed by atoms with Crippen molar-refractivity contribution in [2.45, 2.75) is 39.2 Å². The normalized spacial score (nSPS) is 14.0. The Hall–Kier alpha value is -6.99. The second-order valence-corrected chi connectivity index (χ2v) is 18.4. The fraction of sp³-hybridized carbons (Fsp3) is 0.481. The Morgan fingerprint density at radius 2 is 1.33 bits per heavy atom. The zero-order valence-electron chi connectivity index (χ0n) is 42.9. The van der Waals surface area contributed by atoms with E-state index in [9.17, 15) is 33.9 Å². The highest BCUT2D eigenvalue weighted by Gasteiger charge is 2.50. The Morgan fingerprint density at radius 1 is 0.747 bits per heavy atom. The maximum Gasteiger partial charge on any atom is 0.333 e. The Kier molecular flexibility index (Phi) is 21.9. The number of hydrogen-bond acceptors (Lipinski definition) is 16. The van der Waals surface area contributed by atoms with Gasteiger partial charge in [0.15, 0.2) is 12.4 Å². The molecular formula is C52H69N9O14. The fourth-order valence-corrected chi connectivity index (χ4v) is 8.13. The molecule has 1 atom stereocenters. The number of amides is 5. The Labute approximate surface area is 435 Å². The van der Waals surface area contributed by atoms with Crippen LogP contribution in [0.3, 0.4) is 0 Å². The number of anilines is 2. The SMILES string of the molecule is CNc1ccc(C(=O)N[C@](CCC(=O)NCCOCCOCCOCCOCCOCCNC(=O)COc2ccc(-c3[nH]nc4c3C(=O)c3c(NC(=O)NN5CCOCC5)cccc3-4)cc2)(C(=O)O)C(C)(C)C)cc1. The number of H-pyrrole nitrogens is 1. The number of morpholine rings is 1. The van der Waals surface area contributed by atoms with Crippen LogP contribution in [0.4, 0.5) is 16.2 Å². The van der Waals surface area contributed by atoms with Crippen molar-refractivity contribution in [1.29, 1.82) is 0 Å². The van der Waals surface area contributed by atoms with E-state index in [2.05, 4.69) is 42.2 Å². The molecule has 23 heteroatoms. The maximum absolute atomic E-state index is 13.8. The van der Waals surface area contributed by atoms with Gasteiger partial charge in [-0.1, -0.05) is 32.9 Å². The number of hydrazine groups is 1. The third-order valence-electron chi connectivity index (χ3n) is 12.3. The number of carbonyl (C=O) groups is 6. The number of carboxylic acids is 1. The van der Waals surface area contributed by atoms with Crippen LogP contribution in [0.5, 0.6) is 5.75 Å². The second kappa shape index (κ2) is 28.6. The molecule has 1 aromatic heterocycles. The van der Waals surface area contributed by atoms with Gasteiger partial charge in [-0.3, -0.25) is 29.7 Å². The summed E-state index contributed by atoms with van der Waals surface area (Å²) in [7, 11) is 1.75. The minimum atomic E-state index is -1.70. The van der Waals surface area contributed by atoms with E-state index in [1.54, 1.807) is 99.6 Å². The van der Waals surface area contributed by atoms with E-state index in [1.807, 2.05) is 0 Å². The molecule has 406 valence electrons. The first kappa shape index (κ1) is 57.3. The zero-order chi connectivity index (χ0) is 53.6. The molecule has 6 rings (SSSR count). The third-order valence-corrected chi connectivity index (χ3v) is 12.3. The molecule has 0 radical (unpaired) electrons. The zero-order valence-corrected chi connectivity index (χ0v) is 42.9. The number of ketones is 1. The van der Waals surface area contributed by atoms with E-state index in [-0.39, 0.29) is 63.3 Å². The summed E-state index contributed by atoms with van der Waals surface area (Å²) in [6.07, 6.45) is -0.226. The molecule has 0 spiro atoms. The molecule has 1 fully saturated rings. The van der Waals surface area contributed by atoms with Crippen molar-refractivity contribution < 1.29 is 67.0 Å². The molecule has 1 aliphatic heterocycles. The highest BCUT2D eigenvalue weighted by molar-refractivity contribution is 6.27. The van der Waals surface area contributed by atoms with Gasteiger partial charge in [0.05, 0.1) is 102 Å². The lowest BCUT2D eigenvalue weighted by Gasteiger charge is -2.41. The molecule has 23 nitrogen and oxygen atoms in total. The molecule has 3 aromatic carbocycles. The average molecular weight is 1040 g/mol. The highest BCUT2D eigenvalue weighted by Crippen LogP contribution is 2.43. The summed E-state index contributed by atoms with van der Waals surface area (Å²) in [4.78, 5) is 77.3. The van der Waals surface area contributed by atoms with Crippen molar-refractivity contribution in [1.82, 2.24) is 36.6 Å². The average Bonchev–Trinajstić information content (AvgIpc) is 3.98. The van der Waals surface area contributed by atoms with Crippen LogP contribution in [0.15, 0.2) is 66.7 Å². The molecule has 2 aliphatic rings. The molecule has 1 aliphatic carbocycles. The topological polar surface area (TPSA) is 291 Å². The van der Waals surface area contributed by atoms with Gasteiger partial charge >= 0.3 is 12.0 Å². The van der Waals surface area contributed by atoms with Gasteiger partial charge in [0.2, 0.25) is 5.91 Å². The lowest BCUT2D eigenvalue weighted by molar-refractivity contribution is -0.150. The van der Waals surface area contributed by atoms with Crippen LogP contribution in [0, 0.1) is 5.41 Å². The van der Waals surface area contributed by atoms with E-state index < -0.39 is 28.9 Å². The highest BCUT2D eigenvalue weighted by atomic mass is 16.6. The quantitative estimate of drug-likeness (QED) is 0.0295. The van der Waals surface area contributed by atoms with Crippen molar-refractivity contribution in [2.24, 2.45) is 5.41 Å². The van der Waals surface area contributed by atoms with Crippen LogP contribution in [0.25, 0.3) is 22.5 Å². The summed E-state index contributed by atoms with van der Waals surface area (Å²) >= 11 is 0. The van der Waals surface area contributed by atoms with Crippen molar-refractivity contribution in [2.75, 3.05) is 130 Å². The van der Waals surface area contributed by atoms with Gasteiger partial charge in [0.1, 0.15) is 17.0 Å². The van der Waals surface area contributed by atoms with Crippen molar-refractivity contribution in [3.63, 3.8) is 0 Å². The second-order valence-electron chi connectivity index (χ2n) is 18.4. The molecule has 0 saturated carbocycles. The molecule has 5 amide bonds. The van der Waals surface area contributed by atoms with Crippen LogP contribution in [0.2, 0.25) is 0 Å². The number of rotatable bonds is 31. The first-order valence-electron chi connectivity index (χ1n) is 24.9. The standard InChI is InChI=1S/C52H69N9O14/c1-51(2,3)52(49(66)67,57-48(65)36-8-12-37(53-4)13-9-36)17-16-41(62)54-18-22-69-26-28-72-30-32-74-33-31-73-29-27-70-23-19-55-42(63)34-75-38-14-10-35(11-15-38)45-44-46(59-58-45)39-6-5-7-40(43(39)47(44)64)56-50(68)60-61-20-24-71-25-21-61/h5-15,53H,16-34H2,1-4H3,(H,54,62)(H,55,63)(H,57,65)(H,58,59)(H,66,67)(H2,56,60,68)/t52-/m1/s1. The Morgan fingerprint density at radius 3 is 1.91 bits per heavy atom. The smallest absolute Gasteiger partial charge is 0.333 e. The predicted octanol–water partition coefficient (Wildman–Crippen LogP) is 3.47. The summed E-state index contributed by atoms with van der Waals surface area (Å²) in [6, 6.07) is 18.4. The molecule has 0 bridgehead atoms. The monoisotopic (exact) mass is 1040 g/mol. The Balaban J connectivity index is 0.734. The summed E-state index contributed by atoms with van der Waals surface area (Å²) in [5.41, 5.74) is 4.80. The number of carbonyl (C=O) groups excluding carboxylic acids is 5. The number of aliphatic carboxylic acids is 1. The third kappa shape index (κ3) is 16.5. The molecule has 75 heavy (non-hydrogen) atoms. The summed E-state index contributed by atoms with van der Waals surface area (Å²) in [5.74, 6) is -2.24. The molecule has 0 unspecified atom stereocenters. The molecule has 1 saturated heterocycles. The molecule has 2 heterocycles. The van der Waals surface area contributed by atoms with Gasteiger partial charge in [-0.25, -0.2) is 14.6 Å². The van der Waals surface area contributed by atoms with Crippen molar-refractivity contribution in [3.8, 4) is 28.3 Å². The van der Waals surface area contributed by atoms with Gasteiger partial charge in [0, 0.05) is 62.0 Å².